The zero-order valence-electron chi connectivity index (χ0n) is 21.1. The summed E-state index contributed by atoms with van der Waals surface area (Å²) in [4.78, 5) is 20.7. The number of para-hydroxylation sites is 1. The fourth-order valence-corrected chi connectivity index (χ4v) is 4.71. The molecule has 38 heavy (non-hydrogen) atoms. The second kappa shape index (κ2) is 10.4. The molecule has 0 aliphatic carbocycles. The maximum Gasteiger partial charge on any atom is 0.163 e. The molecule has 7 nitrogen and oxygen atoms in total. The summed E-state index contributed by atoms with van der Waals surface area (Å²) in [7, 11) is 1.44. The SMILES string of the molecule is COc1cc(C(=O)CCC(C)(O)c2cc3c(c(-c4c[nH]c5c(F)cccc45)n2)OCC3)ccc1OCCF. The second-order valence-electron chi connectivity index (χ2n) is 9.41. The van der Waals surface area contributed by atoms with E-state index in [1.54, 1.807) is 43.5 Å². The van der Waals surface area contributed by atoms with Crippen molar-refractivity contribution in [3.05, 3.63) is 71.3 Å². The Morgan fingerprint density at radius 1 is 1.24 bits per heavy atom. The van der Waals surface area contributed by atoms with E-state index >= 15 is 0 Å². The largest absolute Gasteiger partial charge is 0.493 e. The summed E-state index contributed by atoms with van der Waals surface area (Å²) in [5.74, 6) is 0.733. The van der Waals surface area contributed by atoms with Crippen LogP contribution in [0.3, 0.4) is 0 Å². The molecule has 5 rings (SSSR count). The average molecular weight is 523 g/mol. The van der Waals surface area contributed by atoms with Gasteiger partial charge in [0.2, 0.25) is 0 Å². The van der Waals surface area contributed by atoms with Crippen LogP contribution in [0, 0.1) is 5.82 Å². The van der Waals surface area contributed by atoms with Crippen molar-refractivity contribution in [3.63, 3.8) is 0 Å². The first-order valence-electron chi connectivity index (χ1n) is 12.4. The highest BCUT2D eigenvalue weighted by Crippen LogP contribution is 2.41. The summed E-state index contributed by atoms with van der Waals surface area (Å²) in [6.45, 7) is 1.36. The van der Waals surface area contributed by atoms with E-state index in [1.165, 1.54) is 13.2 Å². The Balaban J connectivity index is 1.41. The molecule has 2 aromatic heterocycles. The smallest absolute Gasteiger partial charge is 0.163 e. The van der Waals surface area contributed by atoms with Crippen molar-refractivity contribution in [2.24, 2.45) is 0 Å². The van der Waals surface area contributed by atoms with Gasteiger partial charge in [-0.1, -0.05) is 12.1 Å². The molecule has 1 atom stereocenters. The number of hydrogen-bond acceptors (Lipinski definition) is 6. The number of pyridine rings is 1. The maximum atomic E-state index is 14.3. The second-order valence-corrected chi connectivity index (χ2v) is 9.41. The number of fused-ring (bicyclic) bond motifs is 2. The number of nitrogens with one attached hydrogen (secondary N) is 1. The average Bonchev–Trinajstić information content (AvgIpc) is 3.58. The van der Waals surface area contributed by atoms with Gasteiger partial charge in [0.25, 0.3) is 0 Å². The van der Waals surface area contributed by atoms with E-state index in [0.29, 0.717) is 63.7 Å². The Hall–Kier alpha value is -3.98. The first-order valence-corrected chi connectivity index (χ1v) is 12.4. The van der Waals surface area contributed by atoms with Crippen molar-refractivity contribution < 1.29 is 32.9 Å². The van der Waals surface area contributed by atoms with Crippen LogP contribution in [-0.2, 0) is 12.0 Å². The van der Waals surface area contributed by atoms with Gasteiger partial charge in [-0.2, -0.15) is 0 Å². The molecule has 198 valence electrons. The predicted octanol–water partition coefficient (Wildman–Crippen LogP) is 5.53. The topological polar surface area (TPSA) is 93.7 Å². The molecule has 1 aliphatic rings. The zero-order valence-corrected chi connectivity index (χ0v) is 21.1. The van der Waals surface area contributed by atoms with Crippen LogP contribution >= 0.6 is 0 Å². The van der Waals surface area contributed by atoms with Crippen molar-refractivity contribution >= 4 is 16.7 Å². The Morgan fingerprint density at radius 3 is 2.87 bits per heavy atom. The van der Waals surface area contributed by atoms with Crippen LogP contribution in [0.2, 0.25) is 0 Å². The third-order valence-electron chi connectivity index (χ3n) is 6.80. The van der Waals surface area contributed by atoms with E-state index < -0.39 is 12.3 Å². The van der Waals surface area contributed by atoms with Gasteiger partial charge in [-0.05, 0) is 43.7 Å². The van der Waals surface area contributed by atoms with E-state index in [2.05, 4.69) is 4.98 Å². The zero-order chi connectivity index (χ0) is 26.9. The molecule has 2 aromatic carbocycles. The molecule has 1 aliphatic heterocycles. The number of aliphatic hydroxyl groups is 1. The Morgan fingerprint density at radius 2 is 2.08 bits per heavy atom. The molecular formula is C29H28F2N2O5. The van der Waals surface area contributed by atoms with Crippen LogP contribution in [-0.4, -0.2) is 47.9 Å². The molecule has 4 aromatic rings. The molecule has 0 amide bonds. The van der Waals surface area contributed by atoms with Crippen molar-refractivity contribution in [3.8, 4) is 28.5 Å². The first kappa shape index (κ1) is 25.7. The number of aromatic amines is 1. The van der Waals surface area contributed by atoms with Gasteiger partial charge in [-0.15, -0.1) is 0 Å². The van der Waals surface area contributed by atoms with E-state index in [0.717, 1.165) is 5.56 Å². The molecular weight excluding hydrogens is 494 g/mol. The van der Waals surface area contributed by atoms with Gasteiger partial charge in [0.15, 0.2) is 17.3 Å². The number of halogens is 2. The maximum absolute atomic E-state index is 14.3. The van der Waals surface area contributed by atoms with Crippen molar-refractivity contribution in [1.29, 1.82) is 0 Å². The van der Waals surface area contributed by atoms with Crippen LogP contribution in [0.4, 0.5) is 8.78 Å². The lowest BCUT2D eigenvalue weighted by Crippen LogP contribution is -2.24. The normalized spacial score (nSPS) is 14.1. The number of carbonyl (C=O) groups excluding carboxylic acids is 1. The van der Waals surface area contributed by atoms with Crippen LogP contribution in [0.25, 0.3) is 22.2 Å². The lowest BCUT2D eigenvalue weighted by molar-refractivity contribution is 0.0397. The monoisotopic (exact) mass is 522 g/mol. The fraction of sp³-hybridized carbons (Fsp3) is 0.310. The number of hydrogen-bond donors (Lipinski definition) is 2. The van der Waals surface area contributed by atoms with Gasteiger partial charge >= 0.3 is 0 Å². The fourth-order valence-electron chi connectivity index (χ4n) is 4.71. The van der Waals surface area contributed by atoms with Crippen LogP contribution in [0.1, 0.15) is 41.4 Å². The number of ketones is 1. The highest BCUT2D eigenvalue weighted by molar-refractivity contribution is 5.97. The molecule has 0 fully saturated rings. The first-order chi connectivity index (χ1) is 18.3. The standard InChI is InChI=1S/C29H28F2N2O5/c1-29(35,10-8-22(34)17-6-7-23(37-13-11-30)24(14-17)36-2)25-15-18-9-12-38-28(18)27(33-25)20-16-32-26-19(20)4-3-5-21(26)31/h3-7,14-16,32,35H,8-13H2,1-2H3. The Labute approximate surface area is 218 Å². The molecule has 2 N–H and O–H groups in total. The number of alkyl halides is 1. The number of methoxy groups -OCH3 is 1. The highest BCUT2D eigenvalue weighted by Gasteiger charge is 2.31. The molecule has 0 saturated carbocycles. The van der Waals surface area contributed by atoms with Gasteiger partial charge < -0.3 is 24.3 Å². The van der Waals surface area contributed by atoms with Crippen LogP contribution in [0.5, 0.6) is 17.2 Å². The van der Waals surface area contributed by atoms with Gasteiger partial charge in [-0.25, -0.2) is 13.8 Å². The van der Waals surface area contributed by atoms with Gasteiger partial charge in [0.05, 0.1) is 24.9 Å². The lowest BCUT2D eigenvalue weighted by Gasteiger charge is -2.24. The quantitative estimate of drug-likeness (QED) is 0.266. The number of aromatic nitrogens is 2. The summed E-state index contributed by atoms with van der Waals surface area (Å²) < 4.78 is 43.2. The third-order valence-corrected chi connectivity index (χ3v) is 6.80. The Kier molecular flexibility index (Phi) is 7.03. The van der Waals surface area contributed by atoms with Crippen LogP contribution in [0.15, 0.2) is 48.7 Å². The number of ether oxygens (including phenoxy) is 3. The molecule has 0 saturated heterocycles. The van der Waals surface area contributed by atoms with Crippen molar-refractivity contribution in [2.45, 2.75) is 31.8 Å². The van der Waals surface area contributed by atoms with Gasteiger partial charge in [0.1, 0.15) is 36.1 Å². The molecule has 0 spiro atoms. The van der Waals surface area contributed by atoms with E-state index in [-0.39, 0.29) is 31.0 Å². The minimum Gasteiger partial charge on any atom is -0.493 e. The number of nitrogens with zero attached hydrogens (tertiary/aromatic N) is 1. The number of H-pyrrole nitrogens is 1. The Bertz CT molecular complexity index is 1500. The summed E-state index contributed by atoms with van der Waals surface area (Å²) in [6.07, 6.45) is 2.50. The highest BCUT2D eigenvalue weighted by atomic mass is 19.1. The summed E-state index contributed by atoms with van der Waals surface area (Å²) in [5.41, 5.74) is 1.84. The molecule has 3 heterocycles. The van der Waals surface area contributed by atoms with E-state index in [4.69, 9.17) is 19.2 Å². The number of rotatable bonds is 10. The van der Waals surface area contributed by atoms with Crippen molar-refractivity contribution in [1.82, 2.24) is 9.97 Å². The summed E-state index contributed by atoms with van der Waals surface area (Å²) in [5, 5.41) is 12.1. The summed E-state index contributed by atoms with van der Waals surface area (Å²) in [6, 6.07) is 11.3. The summed E-state index contributed by atoms with van der Waals surface area (Å²) >= 11 is 0. The third kappa shape index (κ3) is 4.81. The van der Waals surface area contributed by atoms with Crippen molar-refractivity contribution in [2.75, 3.05) is 27.0 Å². The van der Waals surface area contributed by atoms with Crippen LogP contribution < -0.4 is 14.2 Å². The van der Waals surface area contributed by atoms with Gasteiger partial charge in [0, 0.05) is 41.1 Å². The number of benzene rings is 2. The number of carbonyl (C=O) groups is 1. The van der Waals surface area contributed by atoms with E-state index in [1.807, 2.05) is 6.07 Å². The lowest BCUT2D eigenvalue weighted by atomic mass is 9.91. The molecule has 0 radical (unpaired) electrons. The minimum absolute atomic E-state index is 0.0454. The number of Topliss-reactive ketones (excluding diaryl/α,β-unsaturated/α-hetero) is 1. The molecule has 9 heteroatoms. The minimum atomic E-state index is -1.42. The van der Waals surface area contributed by atoms with Gasteiger partial charge in [-0.3, -0.25) is 4.79 Å². The van der Waals surface area contributed by atoms with E-state index in [9.17, 15) is 18.7 Å². The molecule has 0 bridgehead atoms. The molecule has 1 unspecified atom stereocenters. The predicted molar refractivity (Wildman–Crippen MR) is 138 cm³/mol.